The third-order valence-corrected chi connectivity index (χ3v) is 3.05. The number of piperazine rings is 1. The summed E-state index contributed by atoms with van der Waals surface area (Å²) in [6, 6.07) is 7.80. The quantitative estimate of drug-likeness (QED) is 0.708. The summed E-state index contributed by atoms with van der Waals surface area (Å²) >= 11 is 0. The normalized spacial score (nSPS) is 14.9. The third-order valence-electron chi connectivity index (χ3n) is 3.05. The van der Waals surface area contributed by atoms with E-state index in [9.17, 15) is 9.59 Å². The molecule has 1 heterocycles. The van der Waals surface area contributed by atoms with Gasteiger partial charge in [0.2, 0.25) is 5.91 Å². The van der Waals surface area contributed by atoms with Crippen LogP contribution in [0.15, 0.2) is 24.3 Å². The van der Waals surface area contributed by atoms with Gasteiger partial charge in [-0.05, 0) is 37.5 Å². The second kappa shape index (κ2) is 5.57. The molecule has 0 atom stereocenters. The fourth-order valence-electron chi connectivity index (χ4n) is 2.10. The van der Waals surface area contributed by atoms with Crippen LogP contribution < -0.4 is 4.90 Å². The third kappa shape index (κ3) is 2.94. The van der Waals surface area contributed by atoms with Crippen LogP contribution in [0, 0.1) is 18.8 Å². The Bertz CT molecular complexity index is 569. The highest BCUT2D eigenvalue weighted by Crippen LogP contribution is 2.18. The zero-order chi connectivity index (χ0) is 13.8. The second-order valence-electron chi connectivity index (χ2n) is 4.49. The number of anilines is 1. The molecule has 0 spiro atoms. The highest BCUT2D eigenvalue weighted by molar-refractivity contribution is 6.01. The maximum atomic E-state index is 12.1. The molecule has 1 fully saturated rings. The average molecular weight is 256 g/mol. The van der Waals surface area contributed by atoms with Gasteiger partial charge in [0.1, 0.15) is 6.54 Å². The molecular formula is C15H16N2O2. The molecule has 0 unspecified atom stereocenters. The molecule has 1 saturated heterocycles. The number of carbonyl (C=O) groups is 2. The largest absolute Gasteiger partial charge is 0.321 e. The van der Waals surface area contributed by atoms with E-state index in [1.807, 2.05) is 31.2 Å². The Labute approximate surface area is 113 Å². The SMILES string of the molecule is CC#CC(=O)N1CCN(c2cccc(C)c2)C(=O)C1. The lowest BCUT2D eigenvalue weighted by Crippen LogP contribution is -2.52. The molecule has 0 saturated carbocycles. The Morgan fingerprint density at radius 2 is 2.11 bits per heavy atom. The number of nitrogens with zero attached hydrogens (tertiary/aromatic N) is 2. The van der Waals surface area contributed by atoms with Crippen molar-refractivity contribution in [1.82, 2.24) is 4.90 Å². The van der Waals surface area contributed by atoms with E-state index in [0.29, 0.717) is 13.1 Å². The van der Waals surface area contributed by atoms with Gasteiger partial charge in [0.15, 0.2) is 0 Å². The first-order valence-electron chi connectivity index (χ1n) is 6.20. The van der Waals surface area contributed by atoms with Gasteiger partial charge in [-0.1, -0.05) is 18.1 Å². The van der Waals surface area contributed by atoms with Crippen LogP contribution in [0.5, 0.6) is 0 Å². The zero-order valence-corrected chi connectivity index (χ0v) is 11.1. The number of hydrogen-bond acceptors (Lipinski definition) is 2. The van der Waals surface area contributed by atoms with E-state index in [-0.39, 0.29) is 18.4 Å². The van der Waals surface area contributed by atoms with Crippen LogP contribution in [0.2, 0.25) is 0 Å². The van der Waals surface area contributed by atoms with Crippen molar-refractivity contribution >= 4 is 17.5 Å². The van der Waals surface area contributed by atoms with E-state index >= 15 is 0 Å². The number of hydrogen-bond donors (Lipinski definition) is 0. The van der Waals surface area contributed by atoms with Gasteiger partial charge in [-0.25, -0.2) is 0 Å². The molecule has 0 N–H and O–H groups in total. The summed E-state index contributed by atoms with van der Waals surface area (Å²) in [5.74, 6) is 4.69. The monoisotopic (exact) mass is 256 g/mol. The highest BCUT2D eigenvalue weighted by atomic mass is 16.2. The Morgan fingerprint density at radius 3 is 2.74 bits per heavy atom. The summed E-state index contributed by atoms with van der Waals surface area (Å²) in [5, 5.41) is 0. The predicted octanol–water partition coefficient (Wildman–Crippen LogP) is 1.19. The van der Waals surface area contributed by atoms with Crippen molar-refractivity contribution in [2.24, 2.45) is 0 Å². The van der Waals surface area contributed by atoms with E-state index in [1.165, 1.54) is 4.90 Å². The summed E-state index contributed by atoms with van der Waals surface area (Å²) in [6.07, 6.45) is 0. The number of benzene rings is 1. The lowest BCUT2D eigenvalue weighted by Gasteiger charge is -2.33. The summed E-state index contributed by atoms with van der Waals surface area (Å²) in [7, 11) is 0. The van der Waals surface area contributed by atoms with Crippen molar-refractivity contribution in [1.29, 1.82) is 0 Å². The minimum Gasteiger partial charge on any atom is -0.321 e. The van der Waals surface area contributed by atoms with Crippen LogP contribution in [0.3, 0.4) is 0 Å². The fourth-order valence-corrected chi connectivity index (χ4v) is 2.10. The number of rotatable bonds is 1. The summed E-state index contributed by atoms with van der Waals surface area (Å²) in [6.45, 7) is 4.74. The molecule has 19 heavy (non-hydrogen) atoms. The van der Waals surface area contributed by atoms with E-state index in [0.717, 1.165) is 11.3 Å². The molecular weight excluding hydrogens is 240 g/mol. The summed E-state index contributed by atoms with van der Waals surface area (Å²) in [4.78, 5) is 26.9. The van der Waals surface area contributed by atoms with E-state index < -0.39 is 0 Å². The van der Waals surface area contributed by atoms with Crippen LogP contribution in [-0.4, -0.2) is 36.3 Å². The number of aryl methyl sites for hydroxylation is 1. The van der Waals surface area contributed by atoms with Crippen LogP contribution in [-0.2, 0) is 9.59 Å². The Morgan fingerprint density at radius 1 is 1.32 bits per heavy atom. The fraction of sp³-hybridized carbons (Fsp3) is 0.333. The van der Waals surface area contributed by atoms with Crippen LogP contribution in [0.25, 0.3) is 0 Å². The van der Waals surface area contributed by atoms with Crippen molar-refractivity contribution in [3.05, 3.63) is 29.8 Å². The van der Waals surface area contributed by atoms with Gasteiger partial charge in [0.25, 0.3) is 5.91 Å². The smallest absolute Gasteiger partial charge is 0.298 e. The molecule has 1 aliphatic rings. The molecule has 0 radical (unpaired) electrons. The van der Waals surface area contributed by atoms with E-state index in [4.69, 9.17) is 0 Å². The first kappa shape index (κ1) is 13.2. The Hall–Kier alpha value is -2.28. The summed E-state index contributed by atoms with van der Waals surface area (Å²) in [5.41, 5.74) is 2.00. The predicted molar refractivity (Wildman–Crippen MR) is 73.6 cm³/mol. The number of carbonyl (C=O) groups excluding carboxylic acids is 2. The van der Waals surface area contributed by atoms with Crippen molar-refractivity contribution in [3.63, 3.8) is 0 Å². The molecule has 4 heteroatoms. The van der Waals surface area contributed by atoms with Gasteiger partial charge >= 0.3 is 0 Å². The lowest BCUT2D eigenvalue weighted by atomic mass is 10.2. The van der Waals surface area contributed by atoms with Crippen molar-refractivity contribution in [2.75, 3.05) is 24.5 Å². The molecule has 4 nitrogen and oxygen atoms in total. The average Bonchev–Trinajstić information content (AvgIpc) is 2.38. The molecule has 2 amide bonds. The van der Waals surface area contributed by atoms with Crippen LogP contribution in [0.1, 0.15) is 12.5 Å². The standard InChI is InChI=1S/C15H16N2O2/c1-3-5-14(18)16-8-9-17(15(19)11-16)13-7-4-6-12(2)10-13/h4,6-7,10H,8-9,11H2,1-2H3. The number of amides is 2. The summed E-state index contributed by atoms with van der Waals surface area (Å²) < 4.78 is 0. The van der Waals surface area contributed by atoms with Crippen LogP contribution in [0.4, 0.5) is 5.69 Å². The first-order valence-corrected chi connectivity index (χ1v) is 6.20. The van der Waals surface area contributed by atoms with E-state index in [1.54, 1.807) is 11.8 Å². The van der Waals surface area contributed by atoms with Gasteiger partial charge in [0.05, 0.1) is 0 Å². The van der Waals surface area contributed by atoms with Crippen molar-refractivity contribution in [3.8, 4) is 11.8 Å². The van der Waals surface area contributed by atoms with Gasteiger partial charge in [-0.3, -0.25) is 9.59 Å². The van der Waals surface area contributed by atoms with Crippen molar-refractivity contribution < 1.29 is 9.59 Å². The van der Waals surface area contributed by atoms with Crippen molar-refractivity contribution in [2.45, 2.75) is 13.8 Å². The molecule has 0 aromatic heterocycles. The van der Waals surface area contributed by atoms with Gasteiger partial charge in [-0.15, -0.1) is 0 Å². The maximum absolute atomic E-state index is 12.1. The highest BCUT2D eigenvalue weighted by Gasteiger charge is 2.27. The van der Waals surface area contributed by atoms with Crippen LogP contribution >= 0.6 is 0 Å². The minimum atomic E-state index is -0.278. The minimum absolute atomic E-state index is 0.0666. The molecule has 1 aromatic rings. The van der Waals surface area contributed by atoms with E-state index in [2.05, 4.69) is 11.8 Å². The molecule has 98 valence electrons. The Balaban J connectivity index is 2.11. The second-order valence-corrected chi connectivity index (χ2v) is 4.49. The first-order chi connectivity index (χ1) is 9.11. The molecule has 0 aliphatic carbocycles. The van der Waals surface area contributed by atoms with Gasteiger partial charge in [0, 0.05) is 18.8 Å². The maximum Gasteiger partial charge on any atom is 0.298 e. The van der Waals surface area contributed by atoms with Gasteiger partial charge in [-0.2, -0.15) is 0 Å². The lowest BCUT2D eigenvalue weighted by molar-refractivity contribution is -0.132. The van der Waals surface area contributed by atoms with Gasteiger partial charge < -0.3 is 9.80 Å². The molecule has 0 bridgehead atoms. The topological polar surface area (TPSA) is 40.6 Å². The molecule has 1 aromatic carbocycles. The Kier molecular flexibility index (Phi) is 3.86. The molecule has 1 aliphatic heterocycles. The molecule has 2 rings (SSSR count). The zero-order valence-electron chi connectivity index (χ0n) is 11.1.